The third kappa shape index (κ3) is 6.05. The fraction of sp³-hybridized carbons (Fsp3) is 0.909. The van der Waals surface area contributed by atoms with Crippen molar-refractivity contribution >= 4 is 5.91 Å². The summed E-state index contributed by atoms with van der Waals surface area (Å²) in [6, 6.07) is -0.622. The molecular formula is C11H24N2O3. The maximum Gasteiger partial charge on any atom is 0.239 e. The summed E-state index contributed by atoms with van der Waals surface area (Å²) in [6.07, 6.45) is 0. The molecule has 0 bridgehead atoms. The first-order valence-corrected chi connectivity index (χ1v) is 5.65. The molecule has 0 aromatic rings. The zero-order valence-electron chi connectivity index (χ0n) is 10.7. The smallest absolute Gasteiger partial charge is 0.239 e. The normalized spacial score (nSPS) is 14.9. The Morgan fingerprint density at radius 1 is 1.38 bits per heavy atom. The lowest BCUT2D eigenvalue weighted by Crippen LogP contribution is -2.50. The highest BCUT2D eigenvalue weighted by atomic mass is 16.5. The maximum absolute atomic E-state index is 11.6. The van der Waals surface area contributed by atoms with Crippen molar-refractivity contribution in [2.45, 2.75) is 32.9 Å². The number of carbonyl (C=O) groups is 1. The molecule has 3 N–H and O–H groups in total. The Balaban J connectivity index is 4.11. The summed E-state index contributed by atoms with van der Waals surface area (Å²) < 4.78 is 10.1. The van der Waals surface area contributed by atoms with Crippen molar-refractivity contribution in [1.29, 1.82) is 0 Å². The van der Waals surface area contributed by atoms with Gasteiger partial charge in [-0.25, -0.2) is 0 Å². The van der Waals surface area contributed by atoms with Crippen molar-refractivity contribution in [2.75, 3.05) is 26.9 Å². The minimum absolute atomic E-state index is 0.00430. The Kier molecular flexibility index (Phi) is 8.15. The van der Waals surface area contributed by atoms with E-state index in [9.17, 15) is 4.79 Å². The molecular weight excluding hydrogens is 208 g/mol. The van der Waals surface area contributed by atoms with Crippen LogP contribution in [0.4, 0.5) is 0 Å². The maximum atomic E-state index is 11.6. The third-order valence-electron chi connectivity index (χ3n) is 2.32. The average Bonchev–Trinajstić information content (AvgIpc) is 2.23. The second kappa shape index (κ2) is 8.50. The summed E-state index contributed by atoms with van der Waals surface area (Å²) in [7, 11) is 1.52. The predicted octanol–water partition coefficient (Wildman–Crippen LogP) is 0.137. The van der Waals surface area contributed by atoms with Gasteiger partial charge in [-0.2, -0.15) is 0 Å². The second-order valence-electron chi connectivity index (χ2n) is 4.08. The Labute approximate surface area is 97.7 Å². The Bertz CT molecular complexity index is 198. The van der Waals surface area contributed by atoms with Gasteiger partial charge < -0.3 is 20.5 Å². The summed E-state index contributed by atoms with van der Waals surface area (Å²) in [4.78, 5) is 11.6. The molecule has 0 saturated carbocycles. The molecule has 2 atom stereocenters. The van der Waals surface area contributed by atoms with Gasteiger partial charge >= 0.3 is 0 Å². The summed E-state index contributed by atoms with van der Waals surface area (Å²) in [5, 5.41) is 2.87. The molecule has 0 saturated heterocycles. The molecule has 0 heterocycles. The molecule has 0 radical (unpaired) electrons. The number of nitrogens with one attached hydrogen (secondary N) is 1. The molecule has 5 nitrogen and oxygen atoms in total. The topological polar surface area (TPSA) is 73.6 Å². The van der Waals surface area contributed by atoms with Crippen LogP contribution in [0.25, 0.3) is 0 Å². The predicted molar refractivity (Wildman–Crippen MR) is 63.1 cm³/mol. The Hall–Kier alpha value is -0.650. The van der Waals surface area contributed by atoms with Gasteiger partial charge in [-0.15, -0.1) is 0 Å². The van der Waals surface area contributed by atoms with Crippen molar-refractivity contribution in [1.82, 2.24) is 5.32 Å². The first kappa shape index (κ1) is 15.3. The van der Waals surface area contributed by atoms with E-state index in [0.29, 0.717) is 19.1 Å². The molecule has 0 aliphatic heterocycles. The highest BCUT2D eigenvalue weighted by molar-refractivity contribution is 5.81. The van der Waals surface area contributed by atoms with E-state index in [0.717, 1.165) is 0 Å². The van der Waals surface area contributed by atoms with Crippen molar-refractivity contribution < 1.29 is 14.3 Å². The standard InChI is InChI=1S/C11H24N2O3/c1-5-16-7-10(8(2)3)13-11(14)9(12)6-15-4/h8-10H,5-7,12H2,1-4H3,(H,13,14). The quantitative estimate of drug-likeness (QED) is 0.624. The molecule has 16 heavy (non-hydrogen) atoms. The Morgan fingerprint density at radius 2 is 2.00 bits per heavy atom. The zero-order chi connectivity index (χ0) is 12.6. The van der Waals surface area contributed by atoms with Gasteiger partial charge in [0.1, 0.15) is 6.04 Å². The average molecular weight is 232 g/mol. The van der Waals surface area contributed by atoms with E-state index in [2.05, 4.69) is 5.32 Å². The molecule has 1 amide bonds. The van der Waals surface area contributed by atoms with E-state index >= 15 is 0 Å². The first-order valence-electron chi connectivity index (χ1n) is 5.65. The largest absolute Gasteiger partial charge is 0.383 e. The summed E-state index contributed by atoms with van der Waals surface area (Å²) in [6.45, 7) is 7.38. The molecule has 0 fully saturated rings. The lowest BCUT2D eigenvalue weighted by atomic mass is 10.0. The first-order chi connectivity index (χ1) is 7.52. The molecule has 5 heteroatoms. The molecule has 96 valence electrons. The van der Waals surface area contributed by atoms with Crippen LogP contribution >= 0.6 is 0 Å². The van der Waals surface area contributed by atoms with Crippen LogP contribution in [0, 0.1) is 5.92 Å². The summed E-state index contributed by atoms with van der Waals surface area (Å²) in [5.74, 6) is 0.116. The molecule has 0 aromatic heterocycles. The zero-order valence-corrected chi connectivity index (χ0v) is 10.7. The fourth-order valence-electron chi connectivity index (χ4n) is 1.19. The van der Waals surface area contributed by atoms with Gasteiger partial charge in [-0.3, -0.25) is 4.79 Å². The van der Waals surface area contributed by atoms with E-state index < -0.39 is 6.04 Å². The van der Waals surface area contributed by atoms with E-state index in [-0.39, 0.29) is 18.6 Å². The number of ether oxygens (including phenoxy) is 2. The van der Waals surface area contributed by atoms with Crippen LogP contribution in [0.3, 0.4) is 0 Å². The van der Waals surface area contributed by atoms with Crippen LogP contribution in [-0.2, 0) is 14.3 Å². The number of amides is 1. The highest BCUT2D eigenvalue weighted by Gasteiger charge is 2.20. The van der Waals surface area contributed by atoms with E-state index in [4.69, 9.17) is 15.2 Å². The monoisotopic (exact) mass is 232 g/mol. The van der Waals surface area contributed by atoms with Gasteiger partial charge in [0.25, 0.3) is 0 Å². The number of hydrogen-bond donors (Lipinski definition) is 2. The summed E-state index contributed by atoms with van der Waals surface area (Å²) >= 11 is 0. The molecule has 0 aliphatic rings. The van der Waals surface area contributed by atoms with Gasteiger partial charge in [0.2, 0.25) is 5.91 Å². The minimum Gasteiger partial charge on any atom is -0.383 e. The van der Waals surface area contributed by atoms with Gasteiger partial charge in [-0.05, 0) is 12.8 Å². The van der Waals surface area contributed by atoms with Gasteiger partial charge in [-0.1, -0.05) is 13.8 Å². The van der Waals surface area contributed by atoms with Gasteiger partial charge in [0, 0.05) is 13.7 Å². The van der Waals surface area contributed by atoms with Crippen LogP contribution in [0.1, 0.15) is 20.8 Å². The van der Waals surface area contributed by atoms with Crippen molar-refractivity contribution in [3.05, 3.63) is 0 Å². The van der Waals surface area contributed by atoms with Crippen LogP contribution in [-0.4, -0.2) is 44.9 Å². The number of hydrogen-bond acceptors (Lipinski definition) is 4. The lowest BCUT2D eigenvalue weighted by Gasteiger charge is -2.23. The number of methoxy groups -OCH3 is 1. The van der Waals surface area contributed by atoms with Gasteiger partial charge in [0.15, 0.2) is 0 Å². The van der Waals surface area contributed by atoms with Crippen LogP contribution in [0.15, 0.2) is 0 Å². The van der Waals surface area contributed by atoms with Crippen LogP contribution in [0.2, 0.25) is 0 Å². The highest BCUT2D eigenvalue weighted by Crippen LogP contribution is 2.02. The van der Waals surface area contributed by atoms with Crippen molar-refractivity contribution in [2.24, 2.45) is 11.7 Å². The molecule has 2 unspecified atom stereocenters. The third-order valence-corrected chi connectivity index (χ3v) is 2.32. The second-order valence-corrected chi connectivity index (χ2v) is 4.08. The minimum atomic E-state index is -0.618. The number of nitrogens with two attached hydrogens (primary N) is 1. The Morgan fingerprint density at radius 3 is 2.44 bits per heavy atom. The van der Waals surface area contributed by atoms with E-state index in [1.54, 1.807) is 0 Å². The van der Waals surface area contributed by atoms with Crippen molar-refractivity contribution in [3.63, 3.8) is 0 Å². The van der Waals surface area contributed by atoms with E-state index in [1.807, 2.05) is 20.8 Å². The molecule has 0 aromatic carbocycles. The van der Waals surface area contributed by atoms with Gasteiger partial charge in [0.05, 0.1) is 19.3 Å². The fourth-order valence-corrected chi connectivity index (χ4v) is 1.19. The van der Waals surface area contributed by atoms with Crippen LogP contribution < -0.4 is 11.1 Å². The molecule has 0 aliphatic carbocycles. The van der Waals surface area contributed by atoms with Crippen LogP contribution in [0.5, 0.6) is 0 Å². The lowest BCUT2D eigenvalue weighted by molar-refractivity contribution is -0.125. The SMILES string of the molecule is CCOCC(NC(=O)C(N)COC)C(C)C. The summed E-state index contributed by atoms with van der Waals surface area (Å²) in [5.41, 5.74) is 5.63. The number of rotatable bonds is 8. The van der Waals surface area contributed by atoms with E-state index in [1.165, 1.54) is 7.11 Å². The number of carbonyl (C=O) groups excluding carboxylic acids is 1. The van der Waals surface area contributed by atoms with Crippen molar-refractivity contribution in [3.8, 4) is 0 Å². The molecule has 0 rings (SSSR count). The molecule has 0 spiro atoms.